The molecule has 0 spiro atoms. The molecule has 0 saturated carbocycles. The van der Waals surface area contributed by atoms with Gasteiger partial charge in [-0.2, -0.15) is 0 Å². The van der Waals surface area contributed by atoms with E-state index in [0.29, 0.717) is 17.6 Å². The van der Waals surface area contributed by atoms with Crippen molar-refractivity contribution in [3.63, 3.8) is 0 Å². The van der Waals surface area contributed by atoms with Crippen molar-refractivity contribution in [3.05, 3.63) is 65.0 Å². The fourth-order valence-corrected chi connectivity index (χ4v) is 4.89. The number of para-hydroxylation sites is 1. The van der Waals surface area contributed by atoms with Gasteiger partial charge < -0.3 is 9.26 Å². The zero-order valence-corrected chi connectivity index (χ0v) is 17.3. The lowest BCUT2D eigenvalue weighted by Gasteiger charge is -2.19. The predicted octanol–water partition coefficient (Wildman–Crippen LogP) is 5.15. The number of ether oxygens (including phenoxy) is 1. The van der Waals surface area contributed by atoms with Crippen molar-refractivity contribution >= 4 is 42.0 Å². The zero-order chi connectivity index (χ0) is 19.8. The maximum absolute atomic E-state index is 11.9. The van der Waals surface area contributed by atoms with Gasteiger partial charge in [-0.05, 0) is 47.7 Å². The SMILES string of the molecule is CCCOC(=O)CNP(Cc1ccc2sc(C=O)cc2c1)Oc1ccccc1. The summed E-state index contributed by atoms with van der Waals surface area (Å²) in [6.07, 6.45) is 2.30. The lowest BCUT2D eigenvalue weighted by molar-refractivity contribution is -0.142. The Morgan fingerprint density at radius 2 is 2.00 bits per heavy atom. The number of nitrogens with one attached hydrogen (secondary N) is 1. The Morgan fingerprint density at radius 3 is 2.75 bits per heavy atom. The highest BCUT2D eigenvalue weighted by Crippen LogP contribution is 2.38. The molecule has 2 aromatic carbocycles. The molecule has 0 aliphatic carbocycles. The number of aldehydes is 1. The molecule has 0 bridgehead atoms. The van der Waals surface area contributed by atoms with E-state index in [1.165, 1.54) is 11.3 Å². The highest BCUT2D eigenvalue weighted by molar-refractivity contribution is 7.50. The fraction of sp³-hybridized carbons (Fsp3) is 0.238. The number of fused-ring (bicyclic) bond motifs is 1. The minimum absolute atomic E-state index is 0.106. The van der Waals surface area contributed by atoms with Gasteiger partial charge >= 0.3 is 5.97 Å². The first kappa shape index (κ1) is 20.5. The van der Waals surface area contributed by atoms with E-state index < -0.39 is 8.30 Å². The van der Waals surface area contributed by atoms with Gasteiger partial charge in [0.1, 0.15) is 12.3 Å². The Bertz CT molecular complexity index is 929. The number of thiophene rings is 1. The minimum atomic E-state index is -1.13. The van der Waals surface area contributed by atoms with E-state index in [9.17, 15) is 9.59 Å². The molecule has 0 aliphatic rings. The molecule has 0 fully saturated rings. The average molecular weight is 415 g/mol. The lowest BCUT2D eigenvalue weighted by atomic mass is 10.2. The molecule has 1 aromatic heterocycles. The number of carbonyl (C=O) groups excluding carboxylic acids is 2. The van der Waals surface area contributed by atoms with E-state index in [-0.39, 0.29) is 12.5 Å². The number of carbonyl (C=O) groups is 2. The van der Waals surface area contributed by atoms with Crippen LogP contribution < -0.4 is 9.61 Å². The van der Waals surface area contributed by atoms with Crippen LogP contribution in [0.25, 0.3) is 10.1 Å². The summed E-state index contributed by atoms with van der Waals surface area (Å²) < 4.78 is 12.3. The molecule has 1 atom stereocenters. The van der Waals surface area contributed by atoms with Crippen LogP contribution in [0, 0.1) is 0 Å². The molecule has 1 N–H and O–H groups in total. The molecule has 0 amide bonds. The summed E-state index contributed by atoms with van der Waals surface area (Å²) in [4.78, 5) is 23.6. The third kappa shape index (κ3) is 5.86. The second kappa shape index (κ2) is 10.3. The Hall–Kier alpha value is -2.27. The number of esters is 1. The summed E-state index contributed by atoms with van der Waals surface area (Å²) in [5, 5.41) is 4.25. The molecule has 146 valence electrons. The Morgan fingerprint density at radius 1 is 1.18 bits per heavy atom. The fourth-order valence-electron chi connectivity index (χ4n) is 2.58. The van der Waals surface area contributed by atoms with Crippen LogP contribution in [0.5, 0.6) is 5.75 Å². The molecule has 7 heteroatoms. The number of hydrogen-bond donors (Lipinski definition) is 1. The van der Waals surface area contributed by atoms with Crippen LogP contribution in [0.15, 0.2) is 54.6 Å². The largest absolute Gasteiger partial charge is 0.465 e. The first-order valence-electron chi connectivity index (χ1n) is 9.05. The van der Waals surface area contributed by atoms with Crippen LogP contribution in [0.3, 0.4) is 0 Å². The highest BCUT2D eigenvalue weighted by Gasteiger charge is 2.15. The second-order valence-electron chi connectivity index (χ2n) is 6.14. The smallest absolute Gasteiger partial charge is 0.320 e. The van der Waals surface area contributed by atoms with Crippen molar-refractivity contribution in [3.8, 4) is 5.75 Å². The number of benzene rings is 2. The van der Waals surface area contributed by atoms with Crippen molar-refractivity contribution in [2.75, 3.05) is 13.2 Å². The molecule has 1 heterocycles. The first-order chi connectivity index (χ1) is 13.7. The van der Waals surface area contributed by atoms with Gasteiger partial charge in [0.2, 0.25) is 0 Å². The van der Waals surface area contributed by atoms with E-state index in [1.54, 1.807) is 0 Å². The summed E-state index contributed by atoms with van der Waals surface area (Å²) in [5.41, 5.74) is 1.08. The van der Waals surface area contributed by atoms with Crippen LogP contribution in [-0.4, -0.2) is 25.4 Å². The van der Waals surface area contributed by atoms with Crippen molar-refractivity contribution in [2.45, 2.75) is 19.5 Å². The molecular weight excluding hydrogens is 393 g/mol. The molecule has 3 rings (SSSR count). The molecule has 0 aliphatic heterocycles. The van der Waals surface area contributed by atoms with Crippen molar-refractivity contribution in [2.24, 2.45) is 0 Å². The first-order valence-corrected chi connectivity index (χ1v) is 11.3. The summed E-state index contributed by atoms with van der Waals surface area (Å²) in [7, 11) is -1.13. The molecule has 0 radical (unpaired) electrons. The second-order valence-corrected chi connectivity index (χ2v) is 8.82. The molecule has 5 nitrogen and oxygen atoms in total. The molecule has 0 saturated heterocycles. The van der Waals surface area contributed by atoms with Gasteiger partial charge in [0, 0.05) is 10.9 Å². The highest BCUT2D eigenvalue weighted by atomic mass is 32.1. The van der Waals surface area contributed by atoms with Crippen LogP contribution in [0.4, 0.5) is 0 Å². The normalized spacial score (nSPS) is 11.9. The van der Waals surface area contributed by atoms with Gasteiger partial charge in [-0.1, -0.05) is 31.2 Å². The summed E-state index contributed by atoms with van der Waals surface area (Å²) in [6, 6.07) is 17.6. The predicted molar refractivity (Wildman–Crippen MR) is 114 cm³/mol. The van der Waals surface area contributed by atoms with E-state index in [1.807, 2.05) is 55.5 Å². The summed E-state index contributed by atoms with van der Waals surface area (Å²) in [6.45, 7) is 2.49. The van der Waals surface area contributed by atoms with E-state index in [4.69, 9.17) is 9.26 Å². The number of hydrogen-bond acceptors (Lipinski definition) is 6. The molecule has 1 unspecified atom stereocenters. The van der Waals surface area contributed by atoms with E-state index >= 15 is 0 Å². The molecular formula is C21H22NO4PS. The van der Waals surface area contributed by atoms with Crippen LogP contribution >= 0.6 is 19.6 Å². The van der Waals surface area contributed by atoms with Gasteiger partial charge in [0.15, 0.2) is 14.6 Å². The Balaban J connectivity index is 1.71. The maximum atomic E-state index is 11.9. The van der Waals surface area contributed by atoms with Crippen molar-refractivity contribution < 1.29 is 18.8 Å². The Kier molecular flexibility index (Phi) is 7.54. The molecule has 28 heavy (non-hydrogen) atoms. The minimum Gasteiger partial charge on any atom is -0.465 e. The van der Waals surface area contributed by atoms with Crippen LogP contribution in [0.1, 0.15) is 28.6 Å². The topological polar surface area (TPSA) is 64.6 Å². The van der Waals surface area contributed by atoms with E-state index in [0.717, 1.165) is 34.1 Å². The molecule has 3 aromatic rings. The van der Waals surface area contributed by atoms with Gasteiger partial charge in [0.25, 0.3) is 0 Å². The Labute approximate surface area is 169 Å². The quantitative estimate of drug-likeness (QED) is 0.282. The third-order valence-electron chi connectivity index (χ3n) is 3.87. The van der Waals surface area contributed by atoms with Crippen LogP contribution in [0.2, 0.25) is 0 Å². The van der Waals surface area contributed by atoms with Crippen molar-refractivity contribution in [1.82, 2.24) is 5.09 Å². The van der Waals surface area contributed by atoms with Crippen molar-refractivity contribution in [1.29, 1.82) is 0 Å². The van der Waals surface area contributed by atoms with Gasteiger partial charge in [-0.25, -0.2) is 0 Å². The summed E-state index contributed by atoms with van der Waals surface area (Å²) in [5.74, 6) is 0.470. The van der Waals surface area contributed by atoms with Gasteiger partial charge in [-0.3, -0.25) is 14.7 Å². The lowest BCUT2D eigenvalue weighted by Crippen LogP contribution is -2.23. The van der Waals surface area contributed by atoms with Gasteiger partial charge in [-0.15, -0.1) is 11.3 Å². The zero-order valence-electron chi connectivity index (χ0n) is 15.6. The third-order valence-corrected chi connectivity index (χ3v) is 6.50. The summed E-state index contributed by atoms with van der Waals surface area (Å²) >= 11 is 1.48. The number of rotatable bonds is 10. The van der Waals surface area contributed by atoms with Gasteiger partial charge in [0.05, 0.1) is 11.5 Å². The monoisotopic (exact) mass is 415 g/mol. The van der Waals surface area contributed by atoms with E-state index in [2.05, 4.69) is 11.2 Å². The average Bonchev–Trinajstić information content (AvgIpc) is 3.13. The van der Waals surface area contributed by atoms with Crippen LogP contribution in [-0.2, 0) is 15.7 Å². The standard InChI is InChI=1S/C21H22NO4PS/c1-2-10-25-21(24)13-22-27(26-18-6-4-3-5-7-18)15-16-8-9-20-17(11-16)12-19(14-23)28-20/h3-9,11-12,14,22H,2,10,13,15H2,1H3. The maximum Gasteiger partial charge on any atom is 0.320 e.